The van der Waals surface area contributed by atoms with E-state index in [4.69, 9.17) is 0 Å². The summed E-state index contributed by atoms with van der Waals surface area (Å²) in [5.74, 6) is 1.05. The average molecular weight is 216 g/mol. The lowest BCUT2D eigenvalue weighted by Gasteiger charge is -2.18. The van der Waals surface area contributed by atoms with E-state index in [9.17, 15) is 4.79 Å². The van der Waals surface area contributed by atoms with Gasteiger partial charge in [0.25, 0.3) is 0 Å². The zero-order valence-electron chi connectivity index (χ0n) is 9.82. The molecule has 1 saturated carbocycles. The minimum atomic E-state index is 0.473. The van der Waals surface area contributed by atoms with Crippen molar-refractivity contribution in [2.24, 2.45) is 5.92 Å². The molecule has 0 spiro atoms. The van der Waals surface area contributed by atoms with Gasteiger partial charge in [0, 0.05) is 12.8 Å². The largest absolute Gasteiger partial charge is 0.300 e. The third-order valence-electron chi connectivity index (χ3n) is 3.45. The molecule has 1 aromatic carbocycles. The van der Waals surface area contributed by atoms with Crippen molar-refractivity contribution in [2.75, 3.05) is 0 Å². The topological polar surface area (TPSA) is 17.1 Å². The van der Waals surface area contributed by atoms with Gasteiger partial charge < -0.3 is 0 Å². The minimum Gasteiger partial charge on any atom is -0.300 e. The fourth-order valence-electron chi connectivity index (χ4n) is 2.58. The molecule has 0 aromatic heterocycles. The van der Waals surface area contributed by atoms with Crippen molar-refractivity contribution in [1.82, 2.24) is 0 Å². The van der Waals surface area contributed by atoms with Crippen molar-refractivity contribution in [3.05, 3.63) is 35.9 Å². The van der Waals surface area contributed by atoms with Crippen molar-refractivity contribution in [1.29, 1.82) is 0 Å². The van der Waals surface area contributed by atoms with E-state index < -0.39 is 0 Å². The monoisotopic (exact) mass is 216 g/mol. The maximum absolute atomic E-state index is 11.6. The lowest BCUT2D eigenvalue weighted by molar-refractivity contribution is -0.120. The van der Waals surface area contributed by atoms with E-state index in [0.717, 1.165) is 25.7 Å². The van der Waals surface area contributed by atoms with Crippen LogP contribution in [0, 0.1) is 5.92 Å². The Balaban J connectivity index is 1.94. The van der Waals surface area contributed by atoms with Gasteiger partial charge in [-0.2, -0.15) is 0 Å². The van der Waals surface area contributed by atoms with Gasteiger partial charge >= 0.3 is 0 Å². The molecule has 0 heterocycles. The highest BCUT2D eigenvalue weighted by Crippen LogP contribution is 2.23. The Kier molecular flexibility index (Phi) is 4.15. The molecule has 0 N–H and O–H groups in total. The van der Waals surface area contributed by atoms with Crippen LogP contribution in [0.3, 0.4) is 0 Å². The van der Waals surface area contributed by atoms with Crippen LogP contribution in [-0.2, 0) is 11.2 Å². The van der Waals surface area contributed by atoms with Gasteiger partial charge in [0.15, 0.2) is 0 Å². The van der Waals surface area contributed by atoms with Crippen molar-refractivity contribution in [2.45, 2.75) is 44.9 Å². The van der Waals surface area contributed by atoms with Gasteiger partial charge in [-0.05, 0) is 30.7 Å². The Bertz CT molecular complexity index is 329. The Labute approximate surface area is 97.9 Å². The first kappa shape index (κ1) is 11.4. The number of carbonyl (C=O) groups excluding carboxylic acids is 1. The fourth-order valence-corrected chi connectivity index (χ4v) is 2.58. The van der Waals surface area contributed by atoms with Gasteiger partial charge in [0.05, 0.1) is 0 Å². The minimum absolute atomic E-state index is 0.473. The Morgan fingerprint density at radius 3 is 2.69 bits per heavy atom. The molecule has 1 heteroatoms. The maximum Gasteiger partial charge on any atom is 0.133 e. The van der Waals surface area contributed by atoms with Crippen molar-refractivity contribution in [3.63, 3.8) is 0 Å². The molecule has 86 valence electrons. The zero-order chi connectivity index (χ0) is 11.2. The van der Waals surface area contributed by atoms with Gasteiger partial charge in [-0.3, -0.25) is 4.79 Å². The van der Waals surface area contributed by atoms with Gasteiger partial charge in [-0.25, -0.2) is 0 Å². The van der Waals surface area contributed by atoms with E-state index in [2.05, 4.69) is 24.3 Å². The summed E-state index contributed by atoms with van der Waals surface area (Å²) in [5.41, 5.74) is 1.38. The summed E-state index contributed by atoms with van der Waals surface area (Å²) in [5, 5.41) is 0. The fraction of sp³-hybridized carbons (Fsp3) is 0.533. The lowest BCUT2D eigenvalue weighted by atomic mass is 9.86. The predicted molar refractivity (Wildman–Crippen MR) is 66.3 cm³/mol. The molecule has 0 bridgehead atoms. The first-order valence-corrected chi connectivity index (χ1v) is 6.40. The van der Waals surface area contributed by atoms with E-state index in [0.29, 0.717) is 11.7 Å². The predicted octanol–water partition coefficient (Wildman–Crippen LogP) is 3.77. The SMILES string of the molecule is O=C1CCCCCC(Cc2ccccc2)C1. The van der Waals surface area contributed by atoms with E-state index in [1.165, 1.54) is 24.8 Å². The molecule has 1 atom stereocenters. The number of Topliss-reactive ketones (excluding diaryl/α,β-unsaturated/α-hetero) is 1. The summed E-state index contributed by atoms with van der Waals surface area (Å²) in [7, 11) is 0. The van der Waals surface area contributed by atoms with Crippen molar-refractivity contribution >= 4 is 5.78 Å². The van der Waals surface area contributed by atoms with Crippen LogP contribution in [-0.4, -0.2) is 5.78 Å². The molecule has 0 aliphatic heterocycles. The number of hydrogen-bond acceptors (Lipinski definition) is 1. The third kappa shape index (κ3) is 3.48. The highest BCUT2D eigenvalue weighted by atomic mass is 16.1. The van der Waals surface area contributed by atoms with Crippen LogP contribution in [0.2, 0.25) is 0 Å². The quantitative estimate of drug-likeness (QED) is 0.735. The highest BCUT2D eigenvalue weighted by Gasteiger charge is 2.16. The van der Waals surface area contributed by atoms with Crippen molar-refractivity contribution in [3.8, 4) is 0 Å². The second-order valence-electron chi connectivity index (χ2n) is 4.90. The van der Waals surface area contributed by atoms with Gasteiger partial charge in [0.1, 0.15) is 5.78 Å². The van der Waals surface area contributed by atoms with Crippen LogP contribution in [0.5, 0.6) is 0 Å². The smallest absolute Gasteiger partial charge is 0.133 e. The van der Waals surface area contributed by atoms with Crippen LogP contribution >= 0.6 is 0 Å². The molecule has 0 saturated heterocycles. The maximum atomic E-state index is 11.6. The first-order valence-electron chi connectivity index (χ1n) is 6.40. The lowest BCUT2D eigenvalue weighted by Crippen LogP contribution is -2.13. The summed E-state index contributed by atoms with van der Waals surface area (Å²) in [6.45, 7) is 0. The molecule has 1 aliphatic rings. The summed E-state index contributed by atoms with van der Waals surface area (Å²) < 4.78 is 0. The normalized spacial score (nSPS) is 22.5. The Morgan fingerprint density at radius 1 is 1.06 bits per heavy atom. The molecule has 2 rings (SSSR count). The highest BCUT2D eigenvalue weighted by molar-refractivity contribution is 5.78. The van der Waals surface area contributed by atoms with Crippen LogP contribution in [0.25, 0.3) is 0 Å². The molecule has 1 unspecified atom stereocenters. The van der Waals surface area contributed by atoms with Crippen molar-refractivity contribution < 1.29 is 4.79 Å². The molecule has 1 fully saturated rings. The van der Waals surface area contributed by atoms with E-state index >= 15 is 0 Å². The molecular weight excluding hydrogens is 196 g/mol. The van der Waals surface area contributed by atoms with Gasteiger partial charge in [0.2, 0.25) is 0 Å². The second kappa shape index (κ2) is 5.83. The molecule has 0 amide bonds. The van der Waals surface area contributed by atoms with Gasteiger partial charge in [-0.15, -0.1) is 0 Å². The second-order valence-corrected chi connectivity index (χ2v) is 4.90. The zero-order valence-corrected chi connectivity index (χ0v) is 9.82. The van der Waals surface area contributed by atoms with Crippen LogP contribution < -0.4 is 0 Å². The number of rotatable bonds is 2. The molecule has 1 aliphatic carbocycles. The standard InChI is InChI=1S/C15H20O/c16-15-10-6-2-5-9-14(12-15)11-13-7-3-1-4-8-13/h1,3-4,7-8,14H,2,5-6,9-12H2. The van der Waals surface area contributed by atoms with Crippen LogP contribution in [0.4, 0.5) is 0 Å². The first-order chi connectivity index (χ1) is 7.84. The number of benzene rings is 1. The van der Waals surface area contributed by atoms with E-state index in [-0.39, 0.29) is 0 Å². The van der Waals surface area contributed by atoms with E-state index in [1.54, 1.807) is 0 Å². The number of ketones is 1. The summed E-state index contributed by atoms with van der Waals surface area (Å²) in [4.78, 5) is 11.6. The summed E-state index contributed by atoms with van der Waals surface area (Å²) in [6.07, 6.45) is 7.55. The van der Waals surface area contributed by atoms with Crippen LogP contribution in [0.1, 0.15) is 44.1 Å². The van der Waals surface area contributed by atoms with Crippen LogP contribution in [0.15, 0.2) is 30.3 Å². The van der Waals surface area contributed by atoms with Gasteiger partial charge in [-0.1, -0.05) is 43.2 Å². The van der Waals surface area contributed by atoms with E-state index in [1.807, 2.05) is 6.07 Å². The Morgan fingerprint density at radius 2 is 1.88 bits per heavy atom. The average Bonchev–Trinajstić information content (AvgIpc) is 2.27. The third-order valence-corrected chi connectivity index (χ3v) is 3.45. The number of hydrogen-bond donors (Lipinski definition) is 0. The molecular formula is C15H20O. The number of carbonyl (C=O) groups is 1. The Hall–Kier alpha value is -1.11. The molecule has 1 nitrogen and oxygen atoms in total. The molecule has 0 radical (unpaired) electrons. The molecule has 1 aromatic rings. The summed E-state index contributed by atoms with van der Waals surface area (Å²) in [6, 6.07) is 10.6. The molecule has 16 heavy (non-hydrogen) atoms. The summed E-state index contributed by atoms with van der Waals surface area (Å²) >= 11 is 0.